The summed E-state index contributed by atoms with van der Waals surface area (Å²) in [7, 11) is 0. The van der Waals surface area contributed by atoms with Crippen molar-refractivity contribution in [1.29, 1.82) is 0 Å². The zero-order valence-electron chi connectivity index (χ0n) is 8.16. The van der Waals surface area contributed by atoms with Gasteiger partial charge in [-0.2, -0.15) is 0 Å². The largest absolute Gasteiger partial charge is 0.479 e. The molecule has 6 nitrogen and oxygen atoms in total. The minimum atomic E-state index is -1.86. The van der Waals surface area contributed by atoms with Crippen LogP contribution in [0, 0.1) is 0 Å². The Kier molecular flexibility index (Phi) is 2.59. The lowest BCUT2D eigenvalue weighted by Crippen LogP contribution is -2.27. The number of aromatic nitrogens is 2. The number of carboxylic acid groups (broad SMARTS) is 1. The molecule has 0 saturated heterocycles. The standard InChI is InChI=1S/C10H10N2O4/c13-8(9(14)10(15)16)5-2-1-3-6-7(5)12-4-11-6/h1-4,8-9,13-14H,(H,11,12)(H,15,16). The summed E-state index contributed by atoms with van der Waals surface area (Å²) in [6.45, 7) is 0. The molecule has 4 N–H and O–H groups in total. The maximum atomic E-state index is 10.6. The number of aliphatic carboxylic acids is 1. The van der Waals surface area contributed by atoms with E-state index in [-0.39, 0.29) is 5.56 Å². The molecule has 2 aromatic rings. The number of nitrogens with zero attached hydrogens (tertiary/aromatic N) is 1. The fourth-order valence-corrected chi connectivity index (χ4v) is 1.53. The molecule has 1 aromatic carbocycles. The first-order valence-electron chi connectivity index (χ1n) is 4.62. The number of rotatable bonds is 3. The van der Waals surface area contributed by atoms with Crippen molar-refractivity contribution in [2.75, 3.05) is 0 Å². The van der Waals surface area contributed by atoms with Gasteiger partial charge in [0.1, 0.15) is 6.10 Å². The molecule has 6 heteroatoms. The Balaban J connectivity index is 2.46. The summed E-state index contributed by atoms with van der Waals surface area (Å²) in [5, 5.41) is 27.5. The summed E-state index contributed by atoms with van der Waals surface area (Å²) in [6, 6.07) is 4.92. The van der Waals surface area contributed by atoms with Gasteiger partial charge in [0.2, 0.25) is 0 Å². The third-order valence-corrected chi connectivity index (χ3v) is 2.35. The Labute approximate surface area is 90.2 Å². The highest BCUT2D eigenvalue weighted by Crippen LogP contribution is 2.24. The lowest BCUT2D eigenvalue weighted by atomic mass is 10.0. The van der Waals surface area contributed by atoms with E-state index in [0.717, 1.165) is 0 Å². The summed E-state index contributed by atoms with van der Waals surface area (Å²) in [5.74, 6) is -1.47. The van der Waals surface area contributed by atoms with Gasteiger partial charge in [-0.1, -0.05) is 12.1 Å². The second-order valence-corrected chi connectivity index (χ2v) is 3.37. The molecule has 16 heavy (non-hydrogen) atoms. The number of aliphatic hydroxyl groups excluding tert-OH is 2. The van der Waals surface area contributed by atoms with Crippen molar-refractivity contribution in [2.24, 2.45) is 0 Å². The van der Waals surface area contributed by atoms with Crippen molar-refractivity contribution in [3.8, 4) is 0 Å². The molecule has 1 heterocycles. The maximum absolute atomic E-state index is 10.6. The van der Waals surface area contributed by atoms with E-state index in [9.17, 15) is 15.0 Å². The summed E-state index contributed by atoms with van der Waals surface area (Å²) < 4.78 is 0. The zero-order chi connectivity index (χ0) is 11.7. The first-order chi connectivity index (χ1) is 7.61. The Hall–Kier alpha value is -1.92. The average molecular weight is 222 g/mol. The van der Waals surface area contributed by atoms with E-state index >= 15 is 0 Å². The van der Waals surface area contributed by atoms with Crippen molar-refractivity contribution >= 4 is 17.0 Å². The maximum Gasteiger partial charge on any atom is 0.335 e. The SMILES string of the molecule is O=C(O)C(O)C(O)c1cccc2[nH]cnc12. The topological polar surface area (TPSA) is 106 Å². The molecule has 0 bridgehead atoms. The number of hydrogen-bond donors (Lipinski definition) is 4. The van der Waals surface area contributed by atoms with Crippen LogP contribution in [0.2, 0.25) is 0 Å². The molecule has 2 rings (SSSR count). The number of para-hydroxylation sites is 1. The number of carboxylic acids is 1. The van der Waals surface area contributed by atoms with Crippen LogP contribution in [0.1, 0.15) is 11.7 Å². The number of fused-ring (bicyclic) bond motifs is 1. The van der Waals surface area contributed by atoms with Crippen LogP contribution in [-0.2, 0) is 4.79 Å². The minimum absolute atomic E-state index is 0.286. The summed E-state index contributed by atoms with van der Waals surface area (Å²) in [5.41, 5.74) is 1.41. The van der Waals surface area contributed by atoms with Crippen LogP contribution in [0.5, 0.6) is 0 Å². The van der Waals surface area contributed by atoms with Crippen molar-refractivity contribution < 1.29 is 20.1 Å². The molecule has 2 unspecified atom stereocenters. The third-order valence-electron chi connectivity index (χ3n) is 2.35. The fraction of sp³-hybridized carbons (Fsp3) is 0.200. The van der Waals surface area contributed by atoms with E-state index in [1.807, 2.05) is 0 Å². The molecule has 0 fully saturated rings. The second kappa shape index (κ2) is 3.92. The lowest BCUT2D eigenvalue weighted by Gasteiger charge is -2.14. The quantitative estimate of drug-likeness (QED) is 0.586. The van der Waals surface area contributed by atoms with Crippen LogP contribution < -0.4 is 0 Å². The van der Waals surface area contributed by atoms with Crippen LogP contribution in [0.4, 0.5) is 0 Å². The summed E-state index contributed by atoms with van der Waals surface area (Å²) in [4.78, 5) is 17.3. The third kappa shape index (κ3) is 1.64. The summed E-state index contributed by atoms with van der Waals surface area (Å²) in [6.07, 6.45) is -1.92. The van der Waals surface area contributed by atoms with E-state index in [1.165, 1.54) is 12.4 Å². The average Bonchev–Trinajstić information content (AvgIpc) is 2.74. The van der Waals surface area contributed by atoms with E-state index in [2.05, 4.69) is 9.97 Å². The Morgan fingerprint density at radius 2 is 2.12 bits per heavy atom. The molecule has 0 aliphatic heterocycles. The number of H-pyrrole nitrogens is 1. The van der Waals surface area contributed by atoms with E-state index < -0.39 is 18.2 Å². The Bertz CT molecular complexity index is 522. The molecule has 0 radical (unpaired) electrons. The number of imidazole rings is 1. The number of aliphatic hydroxyl groups is 2. The molecule has 84 valence electrons. The number of aromatic amines is 1. The molecular weight excluding hydrogens is 212 g/mol. The first-order valence-corrected chi connectivity index (χ1v) is 4.62. The van der Waals surface area contributed by atoms with Crippen LogP contribution in [-0.4, -0.2) is 37.4 Å². The fourth-order valence-electron chi connectivity index (χ4n) is 1.53. The number of carbonyl (C=O) groups is 1. The molecule has 0 amide bonds. The first kappa shape index (κ1) is 10.6. The van der Waals surface area contributed by atoms with Gasteiger partial charge in [0.05, 0.1) is 17.4 Å². The van der Waals surface area contributed by atoms with Gasteiger partial charge in [-0.15, -0.1) is 0 Å². The van der Waals surface area contributed by atoms with Crippen molar-refractivity contribution in [3.05, 3.63) is 30.1 Å². The van der Waals surface area contributed by atoms with Gasteiger partial charge in [-0.05, 0) is 6.07 Å². The number of hydrogen-bond acceptors (Lipinski definition) is 4. The van der Waals surface area contributed by atoms with Crippen LogP contribution in [0.3, 0.4) is 0 Å². The van der Waals surface area contributed by atoms with Gasteiger partial charge in [-0.3, -0.25) is 0 Å². The zero-order valence-corrected chi connectivity index (χ0v) is 8.16. The highest BCUT2D eigenvalue weighted by atomic mass is 16.4. The van der Waals surface area contributed by atoms with Crippen LogP contribution >= 0.6 is 0 Å². The van der Waals surface area contributed by atoms with Crippen LogP contribution in [0.15, 0.2) is 24.5 Å². The molecule has 0 spiro atoms. The van der Waals surface area contributed by atoms with Gasteiger partial charge in [0.15, 0.2) is 6.10 Å². The van der Waals surface area contributed by atoms with Crippen LogP contribution in [0.25, 0.3) is 11.0 Å². The molecular formula is C10H10N2O4. The monoisotopic (exact) mass is 222 g/mol. The Morgan fingerprint density at radius 3 is 2.81 bits per heavy atom. The molecule has 2 atom stereocenters. The number of benzene rings is 1. The lowest BCUT2D eigenvalue weighted by molar-refractivity contribution is -0.153. The van der Waals surface area contributed by atoms with Gasteiger partial charge in [-0.25, -0.2) is 9.78 Å². The van der Waals surface area contributed by atoms with Crippen molar-refractivity contribution in [3.63, 3.8) is 0 Å². The second-order valence-electron chi connectivity index (χ2n) is 3.37. The van der Waals surface area contributed by atoms with Gasteiger partial charge >= 0.3 is 5.97 Å². The molecule has 0 aliphatic carbocycles. The van der Waals surface area contributed by atoms with E-state index in [1.54, 1.807) is 12.1 Å². The van der Waals surface area contributed by atoms with E-state index in [0.29, 0.717) is 11.0 Å². The smallest absolute Gasteiger partial charge is 0.335 e. The van der Waals surface area contributed by atoms with Gasteiger partial charge in [0.25, 0.3) is 0 Å². The predicted octanol–water partition coefficient (Wildman–Crippen LogP) is 0.0418. The molecule has 0 saturated carbocycles. The highest BCUT2D eigenvalue weighted by Gasteiger charge is 2.26. The number of nitrogens with one attached hydrogen (secondary N) is 1. The normalized spacial score (nSPS) is 14.9. The predicted molar refractivity (Wildman–Crippen MR) is 54.7 cm³/mol. The van der Waals surface area contributed by atoms with Crippen molar-refractivity contribution in [1.82, 2.24) is 9.97 Å². The minimum Gasteiger partial charge on any atom is -0.479 e. The molecule has 1 aromatic heterocycles. The van der Waals surface area contributed by atoms with Gasteiger partial charge < -0.3 is 20.3 Å². The Morgan fingerprint density at radius 1 is 1.38 bits per heavy atom. The summed E-state index contributed by atoms with van der Waals surface area (Å²) >= 11 is 0. The van der Waals surface area contributed by atoms with Gasteiger partial charge in [0, 0.05) is 5.56 Å². The highest BCUT2D eigenvalue weighted by molar-refractivity contribution is 5.80. The molecule has 0 aliphatic rings. The van der Waals surface area contributed by atoms with E-state index in [4.69, 9.17) is 5.11 Å². The van der Waals surface area contributed by atoms with Crippen molar-refractivity contribution in [2.45, 2.75) is 12.2 Å².